The maximum atomic E-state index is 12.6. The highest BCUT2D eigenvalue weighted by molar-refractivity contribution is 5.99. The molecule has 216 valence electrons. The number of piperidine rings is 1. The van der Waals surface area contributed by atoms with E-state index in [9.17, 15) is 9.59 Å². The molecule has 0 aromatic heterocycles. The van der Waals surface area contributed by atoms with Crippen molar-refractivity contribution >= 4 is 11.8 Å². The second-order valence-electron chi connectivity index (χ2n) is 10.5. The Kier molecular flexibility index (Phi) is 9.27. The predicted molar refractivity (Wildman–Crippen MR) is 145 cm³/mol. The lowest BCUT2D eigenvalue weighted by Gasteiger charge is -2.57. The summed E-state index contributed by atoms with van der Waals surface area (Å²) in [4.78, 5) is 35.2. The molecule has 0 bridgehead atoms. The normalized spacial score (nSPS) is 23.2. The molecular weight excluding hydrogens is 516 g/mol. The molecule has 3 aliphatic heterocycles. The van der Waals surface area contributed by atoms with Gasteiger partial charge in [-0.2, -0.15) is 0 Å². The Bertz CT molecular complexity index is 1140. The first kappa shape index (κ1) is 28.4. The predicted octanol–water partition coefficient (Wildman–Crippen LogP) is 0.498. The van der Waals surface area contributed by atoms with Gasteiger partial charge < -0.3 is 20.7 Å². The first-order valence-corrected chi connectivity index (χ1v) is 13.8. The summed E-state index contributed by atoms with van der Waals surface area (Å²) in [7, 11) is 0. The molecule has 0 aliphatic carbocycles. The molecule has 7 N–H and O–H groups in total. The number of carbonyl (C=O) groups excluding carboxylic acids is 2. The summed E-state index contributed by atoms with van der Waals surface area (Å²) >= 11 is 0. The van der Waals surface area contributed by atoms with E-state index in [1.807, 2.05) is 24.3 Å². The van der Waals surface area contributed by atoms with Crippen molar-refractivity contribution < 1.29 is 29.2 Å². The lowest BCUT2D eigenvalue weighted by Crippen LogP contribution is -2.75. The Morgan fingerprint density at radius 2 is 1.68 bits per heavy atom. The molecule has 1 unspecified atom stereocenters. The topological polar surface area (TPSA) is 154 Å². The number of carbonyl (C=O) groups is 2. The summed E-state index contributed by atoms with van der Waals surface area (Å²) in [6.07, 6.45) is 2.50. The van der Waals surface area contributed by atoms with Gasteiger partial charge in [0.05, 0.1) is 19.8 Å². The summed E-state index contributed by atoms with van der Waals surface area (Å²) in [5.74, 6) is -0.0218. The Morgan fingerprint density at radius 3 is 2.35 bits per heavy atom. The maximum Gasteiger partial charge on any atom is 0.274 e. The number of benzene rings is 2. The number of amides is 2. The molecule has 3 fully saturated rings. The van der Waals surface area contributed by atoms with Gasteiger partial charge in [0.1, 0.15) is 5.75 Å². The molecule has 0 saturated carbocycles. The third-order valence-electron chi connectivity index (χ3n) is 8.26. The summed E-state index contributed by atoms with van der Waals surface area (Å²) in [5.41, 5.74) is 4.90. The molecule has 2 aromatic rings. The Morgan fingerprint density at radius 1 is 0.950 bits per heavy atom. The number of rotatable bonds is 9. The molecular formula is C28H38N6O6. The van der Waals surface area contributed by atoms with Gasteiger partial charge >= 0.3 is 0 Å². The molecule has 0 spiro atoms. The minimum absolute atomic E-state index is 0.157. The van der Waals surface area contributed by atoms with Crippen molar-refractivity contribution in [3.63, 3.8) is 0 Å². The Hall–Kier alpha value is -3.10. The van der Waals surface area contributed by atoms with Crippen LogP contribution in [0, 0.1) is 11.3 Å². The third kappa shape index (κ3) is 6.13. The molecule has 40 heavy (non-hydrogen) atoms. The van der Waals surface area contributed by atoms with Crippen LogP contribution in [0.3, 0.4) is 0 Å². The minimum Gasteiger partial charge on any atom is -0.471 e. The van der Waals surface area contributed by atoms with E-state index in [0.29, 0.717) is 38.3 Å². The van der Waals surface area contributed by atoms with E-state index in [-0.39, 0.29) is 22.8 Å². The number of hydroxylamine groups is 1. The summed E-state index contributed by atoms with van der Waals surface area (Å²) in [6, 6.07) is 14.2. The van der Waals surface area contributed by atoms with E-state index in [1.54, 1.807) is 17.6 Å². The van der Waals surface area contributed by atoms with Crippen LogP contribution in [0.2, 0.25) is 0 Å². The average molecular weight is 555 g/mol. The SMILES string of the molecule is O=C(NO)c1cccc(C(=O)NCCc2ccc(OC3(C4(C5CONOC5)CCNCC4)CNCCN3)cc2)c1. The van der Waals surface area contributed by atoms with Crippen LogP contribution in [0.4, 0.5) is 0 Å². The van der Waals surface area contributed by atoms with Gasteiger partial charge in [-0.05, 0) is 68.2 Å². The first-order valence-electron chi connectivity index (χ1n) is 13.8. The van der Waals surface area contributed by atoms with Crippen LogP contribution < -0.4 is 37.1 Å². The fourth-order valence-corrected chi connectivity index (χ4v) is 6.11. The first-order chi connectivity index (χ1) is 19.6. The molecule has 1 atom stereocenters. The van der Waals surface area contributed by atoms with E-state index in [4.69, 9.17) is 19.6 Å². The van der Waals surface area contributed by atoms with Crippen LogP contribution in [-0.4, -0.2) is 75.2 Å². The van der Waals surface area contributed by atoms with Crippen molar-refractivity contribution in [2.75, 3.05) is 52.5 Å². The lowest BCUT2D eigenvalue weighted by atomic mass is 9.61. The molecule has 3 aliphatic rings. The van der Waals surface area contributed by atoms with Crippen molar-refractivity contribution in [1.29, 1.82) is 0 Å². The molecule has 5 rings (SSSR count). The van der Waals surface area contributed by atoms with Crippen molar-refractivity contribution in [1.82, 2.24) is 32.4 Å². The zero-order valence-corrected chi connectivity index (χ0v) is 22.5. The van der Waals surface area contributed by atoms with Gasteiger partial charge in [-0.25, -0.2) is 5.48 Å². The molecule has 2 aromatic carbocycles. The quantitative estimate of drug-likeness (QED) is 0.172. The number of hydrogen-bond donors (Lipinski definition) is 7. The number of nitrogens with one attached hydrogen (secondary N) is 6. The molecule has 3 saturated heterocycles. The van der Waals surface area contributed by atoms with Crippen LogP contribution in [0.25, 0.3) is 0 Å². The lowest BCUT2D eigenvalue weighted by molar-refractivity contribution is -0.267. The maximum absolute atomic E-state index is 12.6. The van der Waals surface area contributed by atoms with Crippen molar-refractivity contribution in [3.05, 3.63) is 65.2 Å². The van der Waals surface area contributed by atoms with Gasteiger partial charge in [-0.1, -0.05) is 23.8 Å². The molecule has 12 nitrogen and oxygen atoms in total. The highest BCUT2D eigenvalue weighted by Gasteiger charge is 2.59. The van der Waals surface area contributed by atoms with E-state index in [1.165, 1.54) is 12.1 Å². The number of hydrogen-bond acceptors (Lipinski definition) is 10. The third-order valence-corrected chi connectivity index (χ3v) is 8.26. The van der Waals surface area contributed by atoms with Gasteiger partial charge in [0.2, 0.25) is 0 Å². The van der Waals surface area contributed by atoms with Gasteiger partial charge in [0, 0.05) is 42.1 Å². The fourth-order valence-electron chi connectivity index (χ4n) is 6.11. The van der Waals surface area contributed by atoms with E-state index in [0.717, 1.165) is 50.3 Å². The Labute approximate surface area is 233 Å². The molecule has 0 radical (unpaired) electrons. The average Bonchev–Trinajstić information content (AvgIpc) is 3.02. The Balaban J connectivity index is 1.24. The molecule has 2 amide bonds. The highest BCUT2D eigenvalue weighted by Crippen LogP contribution is 2.48. The van der Waals surface area contributed by atoms with E-state index < -0.39 is 11.6 Å². The van der Waals surface area contributed by atoms with Crippen molar-refractivity contribution in [2.24, 2.45) is 11.3 Å². The van der Waals surface area contributed by atoms with Crippen LogP contribution >= 0.6 is 0 Å². The zero-order chi connectivity index (χ0) is 27.8. The van der Waals surface area contributed by atoms with Gasteiger partial charge in [0.25, 0.3) is 11.8 Å². The second-order valence-corrected chi connectivity index (χ2v) is 10.5. The highest BCUT2D eigenvalue weighted by atomic mass is 16.9. The van der Waals surface area contributed by atoms with Crippen molar-refractivity contribution in [2.45, 2.75) is 25.0 Å². The van der Waals surface area contributed by atoms with Crippen LogP contribution in [0.1, 0.15) is 39.1 Å². The zero-order valence-electron chi connectivity index (χ0n) is 22.5. The monoisotopic (exact) mass is 554 g/mol. The van der Waals surface area contributed by atoms with E-state index >= 15 is 0 Å². The smallest absolute Gasteiger partial charge is 0.274 e. The summed E-state index contributed by atoms with van der Waals surface area (Å²) in [5, 5.41) is 22.5. The largest absolute Gasteiger partial charge is 0.471 e. The fraction of sp³-hybridized carbons (Fsp3) is 0.500. The standard InChI is InChI=1S/C28H38N6O6/c35-25(21-2-1-3-22(16-21)26(36)33-37)31-11-8-20-4-6-24(7-5-20)40-28(19-30-14-15-32-28)27(9-12-29-13-10-27)23-17-38-34-39-18-23/h1-7,16,23,29-30,32,34,37H,8-15,17-19H2,(H,31,35)(H,33,36). The second kappa shape index (κ2) is 13.0. The van der Waals surface area contributed by atoms with Gasteiger partial charge in [0.15, 0.2) is 5.72 Å². The molecule has 12 heteroatoms. The van der Waals surface area contributed by atoms with Crippen LogP contribution in [-0.2, 0) is 16.1 Å². The number of ether oxygens (including phenoxy) is 1. The van der Waals surface area contributed by atoms with E-state index in [2.05, 4.69) is 26.9 Å². The van der Waals surface area contributed by atoms with Gasteiger partial charge in [-0.15, -0.1) is 0 Å². The van der Waals surface area contributed by atoms with Crippen molar-refractivity contribution in [3.8, 4) is 5.75 Å². The van der Waals surface area contributed by atoms with Crippen LogP contribution in [0.5, 0.6) is 5.75 Å². The summed E-state index contributed by atoms with van der Waals surface area (Å²) < 4.78 is 6.88. The number of piperazine rings is 1. The summed E-state index contributed by atoms with van der Waals surface area (Å²) in [6.45, 7) is 5.69. The van der Waals surface area contributed by atoms with Crippen LogP contribution in [0.15, 0.2) is 48.5 Å². The van der Waals surface area contributed by atoms with Gasteiger partial charge in [-0.3, -0.25) is 29.8 Å². The minimum atomic E-state index is -0.665. The molecule has 3 heterocycles.